The molecule has 1 N–H and O–H groups in total. The molecule has 0 aromatic heterocycles. The van der Waals surface area contributed by atoms with Crippen LogP contribution in [-0.4, -0.2) is 34.2 Å². The lowest BCUT2D eigenvalue weighted by Crippen LogP contribution is -2.41. The summed E-state index contributed by atoms with van der Waals surface area (Å²) >= 11 is 3.41. The molecular weight excluding hydrogens is 456 g/mol. The molecule has 0 bridgehead atoms. The number of anilines is 1. The van der Waals surface area contributed by atoms with Crippen LogP contribution in [-0.2, 0) is 14.8 Å². The van der Waals surface area contributed by atoms with E-state index in [-0.39, 0.29) is 18.5 Å². The lowest BCUT2D eigenvalue weighted by Gasteiger charge is -2.25. The molecular formula is C21H27BrN2O4S. The summed E-state index contributed by atoms with van der Waals surface area (Å²) < 4.78 is 31.9. The number of amides is 1. The van der Waals surface area contributed by atoms with Gasteiger partial charge >= 0.3 is 0 Å². The van der Waals surface area contributed by atoms with Gasteiger partial charge in [-0.3, -0.25) is 9.10 Å². The van der Waals surface area contributed by atoms with E-state index in [0.29, 0.717) is 12.1 Å². The highest BCUT2D eigenvalue weighted by molar-refractivity contribution is 9.10. The third kappa shape index (κ3) is 5.96. The summed E-state index contributed by atoms with van der Waals surface area (Å²) in [6.45, 7) is 5.49. The van der Waals surface area contributed by atoms with Crippen molar-refractivity contribution in [2.45, 2.75) is 33.2 Å². The van der Waals surface area contributed by atoms with E-state index in [4.69, 9.17) is 4.74 Å². The second-order valence-electron chi connectivity index (χ2n) is 6.96. The van der Waals surface area contributed by atoms with E-state index in [2.05, 4.69) is 21.2 Å². The Morgan fingerprint density at radius 1 is 1.17 bits per heavy atom. The van der Waals surface area contributed by atoms with Gasteiger partial charge in [0, 0.05) is 4.47 Å². The van der Waals surface area contributed by atoms with E-state index in [1.807, 2.05) is 39.0 Å². The van der Waals surface area contributed by atoms with E-state index in [1.165, 1.54) is 0 Å². The van der Waals surface area contributed by atoms with Gasteiger partial charge in [0.2, 0.25) is 15.9 Å². The number of carbonyl (C=O) groups excluding carboxylic acids is 1. The summed E-state index contributed by atoms with van der Waals surface area (Å²) in [5, 5.41) is 2.95. The Balaban J connectivity index is 2.22. The van der Waals surface area contributed by atoms with E-state index in [9.17, 15) is 13.2 Å². The first-order valence-corrected chi connectivity index (χ1v) is 11.9. The summed E-state index contributed by atoms with van der Waals surface area (Å²) in [5.74, 6) is 0.417. The molecule has 1 atom stereocenters. The van der Waals surface area contributed by atoms with Gasteiger partial charge in [0.1, 0.15) is 12.3 Å². The van der Waals surface area contributed by atoms with Crippen molar-refractivity contribution < 1.29 is 17.9 Å². The van der Waals surface area contributed by atoms with Crippen molar-refractivity contribution >= 4 is 37.5 Å². The maximum Gasteiger partial charge on any atom is 0.241 e. The quantitative estimate of drug-likeness (QED) is 0.614. The number of halogens is 1. The summed E-state index contributed by atoms with van der Waals surface area (Å²) in [5.41, 5.74) is 3.26. The van der Waals surface area contributed by atoms with Crippen molar-refractivity contribution in [3.8, 4) is 5.75 Å². The van der Waals surface area contributed by atoms with E-state index in [1.54, 1.807) is 25.3 Å². The minimum absolute atomic E-state index is 0.222. The Labute approximate surface area is 181 Å². The molecule has 0 aliphatic heterocycles. The minimum Gasteiger partial charge on any atom is -0.496 e. The smallest absolute Gasteiger partial charge is 0.241 e. The molecule has 2 rings (SSSR count). The van der Waals surface area contributed by atoms with Gasteiger partial charge in [0.05, 0.1) is 25.1 Å². The normalized spacial score (nSPS) is 12.3. The highest BCUT2D eigenvalue weighted by atomic mass is 79.9. The largest absolute Gasteiger partial charge is 0.496 e. The fourth-order valence-corrected chi connectivity index (χ4v) is 4.19. The van der Waals surface area contributed by atoms with Gasteiger partial charge in [-0.15, -0.1) is 0 Å². The summed E-state index contributed by atoms with van der Waals surface area (Å²) in [4.78, 5) is 12.7. The summed E-state index contributed by atoms with van der Waals surface area (Å²) in [6.07, 6.45) is 1.77. The predicted molar refractivity (Wildman–Crippen MR) is 120 cm³/mol. The second-order valence-corrected chi connectivity index (χ2v) is 9.72. The Bertz CT molecular complexity index is 992. The molecule has 0 spiro atoms. The lowest BCUT2D eigenvalue weighted by atomic mass is 10.0. The number of methoxy groups -OCH3 is 1. The van der Waals surface area contributed by atoms with E-state index >= 15 is 0 Å². The number of nitrogens with one attached hydrogen (secondary N) is 1. The Morgan fingerprint density at radius 3 is 2.38 bits per heavy atom. The molecule has 0 saturated carbocycles. The number of aryl methyl sites for hydroxylation is 2. The molecule has 2 aromatic rings. The number of carbonyl (C=O) groups is 1. The van der Waals surface area contributed by atoms with Crippen molar-refractivity contribution in [1.82, 2.24) is 5.32 Å². The molecule has 1 amide bonds. The zero-order valence-corrected chi connectivity index (χ0v) is 19.7. The van der Waals surface area contributed by atoms with E-state index < -0.39 is 10.0 Å². The number of nitrogens with zero attached hydrogens (tertiary/aromatic N) is 1. The fourth-order valence-electron chi connectivity index (χ4n) is 3.09. The van der Waals surface area contributed by atoms with Crippen molar-refractivity contribution in [3.63, 3.8) is 0 Å². The molecule has 0 heterocycles. The van der Waals surface area contributed by atoms with Crippen LogP contribution in [0.2, 0.25) is 0 Å². The first kappa shape index (κ1) is 23.2. The van der Waals surface area contributed by atoms with Crippen molar-refractivity contribution in [1.29, 1.82) is 0 Å². The van der Waals surface area contributed by atoms with E-state index in [0.717, 1.165) is 37.5 Å². The van der Waals surface area contributed by atoms with Gasteiger partial charge in [0.25, 0.3) is 0 Å². The van der Waals surface area contributed by atoms with Crippen LogP contribution in [0.5, 0.6) is 5.75 Å². The van der Waals surface area contributed by atoms with Gasteiger partial charge in [-0.05, 0) is 61.2 Å². The topological polar surface area (TPSA) is 75.7 Å². The highest BCUT2D eigenvalue weighted by Crippen LogP contribution is 2.26. The molecule has 8 heteroatoms. The maximum atomic E-state index is 12.7. The number of sulfonamides is 1. The first-order valence-electron chi connectivity index (χ1n) is 9.24. The van der Waals surface area contributed by atoms with Gasteiger partial charge in [-0.1, -0.05) is 35.0 Å². The summed E-state index contributed by atoms with van der Waals surface area (Å²) in [7, 11) is -2.01. The standard InChI is InChI=1S/C21H27BrN2O4S/c1-6-19(16-7-10-20(28-4)15(3)11-16)23-21(25)13-24(29(5,26)27)17-8-9-18(22)14(2)12-17/h7-12,19H,6,13H2,1-5H3,(H,23,25). The molecule has 2 aromatic carbocycles. The van der Waals surface area contributed by atoms with Crippen LogP contribution in [0.15, 0.2) is 40.9 Å². The molecule has 0 radical (unpaired) electrons. The zero-order valence-electron chi connectivity index (χ0n) is 17.3. The molecule has 0 fully saturated rings. The molecule has 0 aliphatic carbocycles. The van der Waals surface area contributed by atoms with Gasteiger partial charge < -0.3 is 10.1 Å². The number of rotatable bonds is 8. The lowest BCUT2D eigenvalue weighted by molar-refractivity contribution is -0.120. The summed E-state index contributed by atoms with van der Waals surface area (Å²) in [6, 6.07) is 10.7. The maximum absolute atomic E-state index is 12.7. The predicted octanol–water partition coefficient (Wildman–Crippen LogP) is 4.11. The molecule has 29 heavy (non-hydrogen) atoms. The van der Waals surface area contributed by atoms with Crippen LogP contribution in [0, 0.1) is 13.8 Å². The minimum atomic E-state index is -3.62. The number of hydrogen-bond donors (Lipinski definition) is 1. The Morgan fingerprint density at radius 2 is 1.86 bits per heavy atom. The third-order valence-corrected chi connectivity index (χ3v) is 6.71. The van der Waals surface area contributed by atoms with Crippen LogP contribution < -0.4 is 14.4 Å². The number of benzene rings is 2. The fraction of sp³-hybridized carbons (Fsp3) is 0.381. The van der Waals surface area contributed by atoms with Crippen LogP contribution in [0.1, 0.15) is 36.1 Å². The average molecular weight is 483 g/mol. The zero-order chi connectivity index (χ0) is 21.8. The van der Waals surface area contributed by atoms with Gasteiger partial charge in [-0.2, -0.15) is 0 Å². The van der Waals surface area contributed by atoms with Crippen molar-refractivity contribution in [2.75, 3.05) is 24.2 Å². The number of hydrogen-bond acceptors (Lipinski definition) is 4. The van der Waals surface area contributed by atoms with Crippen LogP contribution in [0.3, 0.4) is 0 Å². The third-order valence-electron chi connectivity index (χ3n) is 4.68. The van der Waals surface area contributed by atoms with Crippen molar-refractivity contribution in [3.05, 3.63) is 57.6 Å². The molecule has 0 saturated heterocycles. The van der Waals surface area contributed by atoms with Crippen LogP contribution in [0.4, 0.5) is 5.69 Å². The highest BCUT2D eigenvalue weighted by Gasteiger charge is 2.23. The SMILES string of the molecule is CCC(NC(=O)CN(c1ccc(Br)c(C)c1)S(C)(=O)=O)c1ccc(OC)c(C)c1. The molecule has 6 nitrogen and oxygen atoms in total. The molecule has 0 aliphatic rings. The monoisotopic (exact) mass is 482 g/mol. The average Bonchev–Trinajstić information content (AvgIpc) is 2.65. The van der Waals surface area contributed by atoms with Crippen molar-refractivity contribution in [2.24, 2.45) is 0 Å². The molecule has 158 valence electrons. The van der Waals surface area contributed by atoms with Gasteiger partial charge in [0.15, 0.2) is 0 Å². The Kier molecular flexibility index (Phi) is 7.71. The van der Waals surface area contributed by atoms with Crippen LogP contribution in [0.25, 0.3) is 0 Å². The first-order chi connectivity index (χ1) is 13.6. The molecule has 1 unspecified atom stereocenters. The van der Waals surface area contributed by atoms with Gasteiger partial charge in [-0.25, -0.2) is 8.42 Å². The van der Waals surface area contributed by atoms with Crippen LogP contribution >= 0.6 is 15.9 Å². The number of ether oxygens (including phenoxy) is 1. The Hall–Kier alpha value is -2.06. The second kappa shape index (κ2) is 9.63.